The van der Waals surface area contributed by atoms with E-state index in [0.717, 1.165) is 27.4 Å². The standard InChI is InChI=1S/C13H9BrO/c14-12-7-5-10(6-8-12)13-4-2-1-3-11(13)9-15/h1-9H. The molecule has 0 unspecified atom stereocenters. The molecule has 0 aliphatic rings. The van der Waals surface area contributed by atoms with Crippen molar-refractivity contribution in [3.8, 4) is 11.1 Å². The van der Waals surface area contributed by atoms with Crippen LogP contribution in [0.25, 0.3) is 11.1 Å². The first-order valence-corrected chi connectivity index (χ1v) is 5.41. The highest BCUT2D eigenvalue weighted by molar-refractivity contribution is 9.10. The Hall–Kier alpha value is -1.41. The van der Waals surface area contributed by atoms with E-state index in [2.05, 4.69) is 15.9 Å². The first-order valence-electron chi connectivity index (χ1n) is 4.61. The maximum absolute atomic E-state index is 10.9. The Morgan fingerprint density at radius 2 is 1.60 bits per heavy atom. The number of aldehydes is 1. The second-order valence-electron chi connectivity index (χ2n) is 3.21. The number of carbonyl (C=O) groups is 1. The molecule has 0 saturated heterocycles. The van der Waals surface area contributed by atoms with Crippen LogP contribution in [0.2, 0.25) is 0 Å². The first kappa shape index (κ1) is 10.1. The third-order valence-electron chi connectivity index (χ3n) is 2.24. The quantitative estimate of drug-likeness (QED) is 0.748. The summed E-state index contributed by atoms with van der Waals surface area (Å²) in [4.78, 5) is 10.9. The number of rotatable bonds is 2. The number of hydrogen-bond donors (Lipinski definition) is 0. The Balaban J connectivity index is 2.53. The molecule has 1 nitrogen and oxygen atoms in total. The molecule has 0 aromatic heterocycles. The second kappa shape index (κ2) is 4.41. The zero-order chi connectivity index (χ0) is 10.7. The van der Waals surface area contributed by atoms with Crippen LogP contribution in [-0.4, -0.2) is 6.29 Å². The average Bonchev–Trinajstić information content (AvgIpc) is 2.30. The van der Waals surface area contributed by atoms with Crippen molar-refractivity contribution < 1.29 is 4.79 Å². The van der Waals surface area contributed by atoms with Gasteiger partial charge in [0, 0.05) is 10.0 Å². The highest BCUT2D eigenvalue weighted by atomic mass is 79.9. The van der Waals surface area contributed by atoms with Crippen molar-refractivity contribution in [2.24, 2.45) is 0 Å². The summed E-state index contributed by atoms with van der Waals surface area (Å²) in [6, 6.07) is 15.5. The molecule has 0 aliphatic heterocycles. The van der Waals surface area contributed by atoms with Gasteiger partial charge in [-0.1, -0.05) is 52.3 Å². The molecule has 15 heavy (non-hydrogen) atoms. The van der Waals surface area contributed by atoms with Crippen molar-refractivity contribution in [3.05, 3.63) is 58.6 Å². The lowest BCUT2D eigenvalue weighted by atomic mass is 10.0. The van der Waals surface area contributed by atoms with Gasteiger partial charge in [-0.25, -0.2) is 0 Å². The first-order chi connectivity index (χ1) is 7.31. The van der Waals surface area contributed by atoms with Crippen molar-refractivity contribution in [1.29, 1.82) is 0 Å². The normalized spacial score (nSPS) is 9.93. The average molecular weight is 261 g/mol. The fourth-order valence-corrected chi connectivity index (χ4v) is 1.76. The van der Waals surface area contributed by atoms with Gasteiger partial charge in [0.15, 0.2) is 6.29 Å². The van der Waals surface area contributed by atoms with Crippen molar-refractivity contribution in [3.63, 3.8) is 0 Å². The SMILES string of the molecule is O=Cc1ccccc1-c1ccc(Br)cc1. The lowest BCUT2D eigenvalue weighted by molar-refractivity contribution is 0.112. The maximum atomic E-state index is 10.9. The van der Waals surface area contributed by atoms with E-state index < -0.39 is 0 Å². The highest BCUT2D eigenvalue weighted by Gasteiger charge is 2.02. The summed E-state index contributed by atoms with van der Waals surface area (Å²) in [5.41, 5.74) is 2.75. The topological polar surface area (TPSA) is 17.1 Å². The van der Waals surface area contributed by atoms with Gasteiger partial charge in [0.05, 0.1) is 0 Å². The van der Waals surface area contributed by atoms with Crippen LogP contribution in [0, 0.1) is 0 Å². The van der Waals surface area contributed by atoms with Gasteiger partial charge in [-0.2, -0.15) is 0 Å². The van der Waals surface area contributed by atoms with E-state index in [-0.39, 0.29) is 0 Å². The monoisotopic (exact) mass is 260 g/mol. The molecule has 2 aromatic carbocycles. The van der Waals surface area contributed by atoms with E-state index in [1.165, 1.54) is 0 Å². The summed E-state index contributed by atoms with van der Waals surface area (Å²) in [5, 5.41) is 0. The van der Waals surface area contributed by atoms with Crippen LogP contribution in [0.15, 0.2) is 53.0 Å². The van der Waals surface area contributed by atoms with Crippen LogP contribution in [-0.2, 0) is 0 Å². The van der Waals surface area contributed by atoms with Crippen LogP contribution in [0.5, 0.6) is 0 Å². The molecule has 2 rings (SSSR count). The molecule has 0 fully saturated rings. The van der Waals surface area contributed by atoms with Gasteiger partial charge < -0.3 is 0 Å². The number of hydrogen-bond acceptors (Lipinski definition) is 1. The van der Waals surface area contributed by atoms with Crippen LogP contribution >= 0.6 is 15.9 Å². The molecule has 0 spiro atoms. The van der Waals surface area contributed by atoms with Gasteiger partial charge in [0.25, 0.3) is 0 Å². The summed E-state index contributed by atoms with van der Waals surface area (Å²) in [7, 11) is 0. The third kappa shape index (κ3) is 2.16. The molecular formula is C13H9BrO. The molecule has 2 heteroatoms. The molecule has 2 aromatic rings. The molecule has 0 N–H and O–H groups in total. The largest absolute Gasteiger partial charge is 0.298 e. The molecule has 0 amide bonds. The van der Waals surface area contributed by atoms with Gasteiger partial charge in [-0.3, -0.25) is 4.79 Å². The Bertz CT molecular complexity index is 474. The van der Waals surface area contributed by atoms with E-state index >= 15 is 0 Å². The summed E-state index contributed by atoms with van der Waals surface area (Å²) < 4.78 is 1.04. The third-order valence-corrected chi connectivity index (χ3v) is 2.77. The predicted molar refractivity (Wildman–Crippen MR) is 65.0 cm³/mol. The lowest BCUT2D eigenvalue weighted by Crippen LogP contribution is -1.86. The minimum Gasteiger partial charge on any atom is -0.298 e. The molecular weight excluding hydrogens is 252 g/mol. The zero-order valence-electron chi connectivity index (χ0n) is 7.98. The van der Waals surface area contributed by atoms with E-state index in [1.807, 2.05) is 48.5 Å². The Morgan fingerprint density at radius 3 is 2.27 bits per heavy atom. The zero-order valence-corrected chi connectivity index (χ0v) is 9.57. The summed E-state index contributed by atoms with van der Waals surface area (Å²) in [5.74, 6) is 0. The molecule has 0 aliphatic carbocycles. The fraction of sp³-hybridized carbons (Fsp3) is 0. The van der Waals surface area contributed by atoms with Crippen molar-refractivity contribution in [1.82, 2.24) is 0 Å². The van der Waals surface area contributed by atoms with Gasteiger partial charge >= 0.3 is 0 Å². The van der Waals surface area contributed by atoms with Gasteiger partial charge in [0.1, 0.15) is 0 Å². The Labute approximate surface area is 96.9 Å². The van der Waals surface area contributed by atoms with Crippen LogP contribution < -0.4 is 0 Å². The molecule has 0 heterocycles. The van der Waals surface area contributed by atoms with Crippen LogP contribution in [0.3, 0.4) is 0 Å². The summed E-state index contributed by atoms with van der Waals surface area (Å²) in [6.07, 6.45) is 0.886. The number of benzene rings is 2. The summed E-state index contributed by atoms with van der Waals surface area (Å²) >= 11 is 3.38. The smallest absolute Gasteiger partial charge is 0.150 e. The number of carbonyl (C=O) groups excluding carboxylic acids is 1. The minimum absolute atomic E-state index is 0.722. The van der Waals surface area contributed by atoms with Crippen LogP contribution in [0.4, 0.5) is 0 Å². The fourth-order valence-electron chi connectivity index (χ4n) is 1.49. The molecule has 0 bridgehead atoms. The summed E-state index contributed by atoms with van der Waals surface area (Å²) in [6.45, 7) is 0. The second-order valence-corrected chi connectivity index (χ2v) is 4.13. The highest BCUT2D eigenvalue weighted by Crippen LogP contribution is 2.24. The van der Waals surface area contributed by atoms with Crippen molar-refractivity contribution >= 4 is 22.2 Å². The lowest BCUT2D eigenvalue weighted by Gasteiger charge is -2.04. The predicted octanol–water partition coefficient (Wildman–Crippen LogP) is 3.93. The minimum atomic E-state index is 0.722. The molecule has 0 radical (unpaired) electrons. The van der Waals surface area contributed by atoms with Crippen LogP contribution in [0.1, 0.15) is 10.4 Å². The van der Waals surface area contributed by atoms with Crippen molar-refractivity contribution in [2.75, 3.05) is 0 Å². The van der Waals surface area contributed by atoms with Gasteiger partial charge in [-0.15, -0.1) is 0 Å². The van der Waals surface area contributed by atoms with Gasteiger partial charge in [0.2, 0.25) is 0 Å². The van der Waals surface area contributed by atoms with Gasteiger partial charge in [-0.05, 0) is 23.3 Å². The Kier molecular flexibility index (Phi) is 2.97. The number of halogens is 1. The maximum Gasteiger partial charge on any atom is 0.150 e. The van der Waals surface area contributed by atoms with E-state index in [0.29, 0.717) is 0 Å². The Morgan fingerprint density at radius 1 is 0.933 bits per heavy atom. The van der Waals surface area contributed by atoms with E-state index in [4.69, 9.17) is 0 Å². The molecule has 0 atom stereocenters. The van der Waals surface area contributed by atoms with E-state index in [1.54, 1.807) is 0 Å². The van der Waals surface area contributed by atoms with Crippen molar-refractivity contribution in [2.45, 2.75) is 0 Å². The molecule has 74 valence electrons. The molecule has 0 saturated carbocycles. The van der Waals surface area contributed by atoms with E-state index in [9.17, 15) is 4.79 Å².